The standard InChI is InChI=1S/C22H29N3O.C21H29N7O/c1-16-6-5-7-19(12-16)24-21(26)17-13-18(22(2,3)4)15-20(14-17)25-10-8-23-9-11-25;1-21(2,3)17-11-15-13-28(20(29)27-18(15)26-17)16-7-5-14(6-8-16)12-24-9-4-10-25-19(22)23/h5-7,12-15,23H,8-11H2,1-4H3,(H,24,26);5-8,11,13,24H,4,9-10,12H2,1-3H3,(H4,22,23,25)(H,26,27,29). The zero-order chi connectivity index (χ0) is 39.8. The Bertz CT molecular complexity index is 2140. The molecule has 3 aromatic carbocycles. The number of nitrogens with zero attached hydrogens (tertiary/aromatic N) is 4. The van der Waals surface area contributed by atoms with Gasteiger partial charge in [-0.15, -0.1) is 0 Å². The van der Waals surface area contributed by atoms with Crippen molar-refractivity contribution in [3.8, 4) is 5.69 Å². The summed E-state index contributed by atoms with van der Waals surface area (Å²) in [6.45, 7) is 21.0. The van der Waals surface area contributed by atoms with Gasteiger partial charge in [0.25, 0.3) is 5.91 Å². The van der Waals surface area contributed by atoms with Gasteiger partial charge in [0.1, 0.15) is 5.65 Å². The Labute approximate surface area is 324 Å². The number of H-pyrrole nitrogens is 1. The van der Waals surface area contributed by atoms with Crippen molar-refractivity contribution in [3.63, 3.8) is 0 Å². The normalized spacial score (nSPS) is 13.3. The second-order valence-electron chi connectivity index (χ2n) is 16.2. The van der Waals surface area contributed by atoms with Gasteiger partial charge in [-0.3, -0.25) is 14.4 Å². The molecule has 12 nitrogen and oxygen atoms in total. The van der Waals surface area contributed by atoms with Crippen LogP contribution in [0.25, 0.3) is 16.7 Å². The molecule has 1 aliphatic rings. The number of aryl methyl sites for hydroxylation is 1. The number of aromatic amines is 1. The fraction of sp³-hybridized carbons (Fsp3) is 0.395. The number of rotatable bonds is 10. The minimum atomic E-state index is -0.301. The summed E-state index contributed by atoms with van der Waals surface area (Å²) in [5, 5.41) is 10.7. The number of hydrogen-bond donors (Lipinski definition) is 6. The van der Waals surface area contributed by atoms with Crippen LogP contribution >= 0.6 is 0 Å². The average molecular weight is 747 g/mol. The molecule has 1 saturated heterocycles. The van der Waals surface area contributed by atoms with Crippen molar-refractivity contribution < 1.29 is 4.79 Å². The Balaban J connectivity index is 0.000000212. The molecule has 3 heterocycles. The Morgan fingerprint density at radius 2 is 1.64 bits per heavy atom. The van der Waals surface area contributed by atoms with Crippen LogP contribution in [-0.2, 0) is 17.4 Å². The first kappa shape index (κ1) is 40.7. The number of hydrogen-bond acceptors (Lipinski definition) is 7. The lowest BCUT2D eigenvalue weighted by molar-refractivity contribution is 0.102. The second kappa shape index (κ2) is 17.8. The largest absolute Gasteiger partial charge is 0.370 e. The zero-order valence-corrected chi connectivity index (χ0v) is 33.4. The lowest BCUT2D eigenvalue weighted by Gasteiger charge is -2.31. The molecular weight excluding hydrogens is 689 g/mol. The van der Waals surface area contributed by atoms with E-state index in [0.29, 0.717) is 17.8 Å². The third-order valence-electron chi connectivity index (χ3n) is 9.47. The van der Waals surface area contributed by atoms with Crippen LogP contribution in [-0.4, -0.2) is 65.7 Å². The lowest BCUT2D eigenvalue weighted by atomic mass is 9.85. The number of aliphatic imine (C=N–C) groups is 1. The Hall–Kier alpha value is -5.46. The van der Waals surface area contributed by atoms with Gasteiger partial charge in [0.2, 0.25) is 0 Å². The highest BCUT2D eigenvalue weighted by Crippen LogP contribution is 2.29. The van der Waals surface area contributed by atoms with Gasteiger partial charge < -0.3 is 37.3 Å². The van der Waals surface area contributed by atoms with Gasteiger partial charge >= 0.3 is 5.69 Å². The van der Waals surface area contributed by atoms with Crippen molar-refractivity contribution in [1.29, 1.82) is 0 Å². The molecule has 0 spiro atoms. The third-order valence-corrected chi connectivity index (χ3v) is 9.47. The molecule has 0 atom stereocenters. The van der Waals surface area contributed by atoms with E-state index in [0.717, 1.165) is 85.0 Å². The third kappa shape index (κ3) is 11.5. The van der Waals surface area contributed by atoms with Gasteiger partial charge in [-0.25, -0.2) is 4.79 Å². The molecule has 0 aliphatic carbocycles. The number of carbonyl (C=O) groups is 1. The number of fused-ring (bicyclic) bond motifs is 1. The maximum atomic E-state index is 12.9. The highest BCUT2D eigenvalue weighted by atomic mass is 16.2. The monoisotopic (exact) mass is 746 g/mol. The van der Waals surface area contributed by atoms with E-state index < -0.39 is 0 Å². The molecule has 1 fully saturated rings. The fourth-order valence-electron chi connectivity index (χ4n) is 6.21. The molecule has 8 N–H and O–H groups in total. The van der Waals surface area contributed by atoms with Crippen LogP contribution in [0.1, 0.15) is 80.7 Å². The molecule has 0 unspecified atom stereocenters. The molecule has 1 amide bonds. The summed E-state index contributed by atoms with van der Waals surface area (Å²) < 4.78 is 1.58. The highest BCUT2D eigenvalue weighted by molar-refractivity contribution is 6.05. The van der Waals surface area contributed by atoms with E-state index in [1.54, 1.807) is 4.57 Å². The molecule has 5 aromatic rings. The smallest absolute Gasteiger partial charge is 0.354 e. The first-order valence-electron chi connectivity index (χ1n) is 19.0. The molecule has 55 heavy (non-hydrogen) atoms. The lowest BCUT2D eigenvalue weighted by Crippen LogP contribution is -2.43. The fourth-order valence-corrected chi connectivity index (χ4v) is 6.21. The van der Waals surface area contributed by atoms with Crippen molar-refractivity contribution in [3.05, 3.63) is 117 Å². The van der Waals surface area contributed by atoms with Gasteiger partial charge in [-0.05, 0) is 90.5 Å². The summed E-state index contributed by atoms with van der Waals surface area (Å²) >= 11 is 0. The van der Waals surface area contributed by atoms with Gasteiger partial charge in [-0.1, -0.05) is 65.8 Å². The van der Waals surface area contributed by atoms with E-state index in [-0.39, 0.29) is 28.4 Å². The Kier molecular flexibility index (Phi) is 13.2. The van der Waals surface area contributed by atoms with Crippen LogP contribution in [0, 0.1) is 6.92 Å². The van der Waals surface area contributed by atoms with Crippen LogP contribution in [0.5, 0.6) is 0 Å². The average Bonchev–Trinajstić information content (AvgIpc) is 3.57. The van der Waals surface area contributed by atoms with E-state index in [2.05, 4.69) is 89.5 Å². The number of benzene rings is 3. The zero-order valence-electron chi connectivity index (χ0n) is 33.4. The summed E-state index contributed by atoms with van der Waals surface area (Å²) in [4.78, 5) is 39.2. The first-order chi connectivity index (χ1) is 26.1. The number of carbonyl (C=O) groups excluding carboxylic acids is 1. The summed E-state index contributed by atoms with van der Waals surface area (Å²) in [6, 6.07) is 24.1. The number of nitrogens with two attached hydrogens (primary N) is 2. The van der Waals surface area contributed by atoms with Gasteiger partial charge in [0.15, 0.2) is 5.96 Å². The molecule has 0 bridgehead atoms. The van der Waals surface area contributed by atoms with Crippen molar-refractivity contribution in [2.75, 3.05) is 49.5 Å². The molecule has 2 aromatic heterocycles. The first-order valence-corrected chi connectivity index (χ1v) is 19.0. The predicted molar refractivity (Wildman–Crippen MR) is 227 cm³/mol. The number of aromatic nitrogens is 3. The number of amides is 1. The predicted octanol–water partition coefficient (Wildman–Crippen LogP) is 5.72. The number of nitrogens with one attached hydrogen (secondary N) is 4. The Morgan fingerprint density at radius 1 is 0.909 bits per heavy atom. The van der Waals surface area contributed by atoms with Gasteiger partial charge in [0, 0.05) is 78.9 Å². The minimum absolute atomic E-state index is 0.0115. The molecule has 6 rings (SSSR count). The molecule has 1 aliphatic heterocycles. The van der Waals surface area contributed by atoms with Crippen LogP contribution < -0.4 is 38.0 Å². The van der Waals surface area contributed by atoms with Gasteiger partial charge in [0.05, 0.1) is 5.69 Å². The summed E-state index contributed by atoms with van der Waals surface area (Å²) in [5.41, 5.74) is 18.8. The van der Waals surface area contributed by atoms with Crippen molar-refractivity contribution in [1.82, 2.24) is 25.2 Å². The van der Waals surface area contributed by atoms with Crippen molar-refractivity contribution >= 4 is 34.3 Å². The van der Waals surface area contributed by atoms with Crippen LogP contribution in [0.4, 0.5) is 11.4 Å². The van der Waals surface area contributed by atoms with Crippen LogP contribution in [0.2, 0.25) is 0 Å². The molecular formula is C43H58N10O2. The van der Waals surface area contributed by atoms with Crippen molar-refractivity contribution in [2.24, 2.45) is 16.5 Å². The minimum Gasteiger partial charge on any atom is -0.370 e. The van der Waals surface area contributed by atoms with E-state index in [1.807, 2.05) is 73.8 Å². The second-order valence-corrected chi connectivity index (χ2v) is 16.2. The van der Waals surface area contributed by atoms with E-state index in [9.17, 15) is 9.59 Å². The van der Waals surface area contributed by atoms with E-state index in [1.165, 1.54) is 5.56 Å². The maximum Gasteiger partial charge on any atom is 0.354 e. The van der Waals surface area contributed by atoms with Crippen LogP contribution in [0.3, 0.4) is 0 Å². The molecule has 0 saturated carbocycles. The number of anilines is 2. The maximum absolute atomic E-state index is 12.9. The van der Waals surface area contributed by atoms with Gasteiger partial charge in [-0.2, -0.15) is 4.98 Å². The number of piperazine rings is 1. The summed E-state index contributed by atoms with van der Waals surface area (Å²) in [6.07, 6.45) is 2.71. The highest BCUT2D eigenvalue weighted by Gasteiger charge is 2.21. The quantitative estimate of drug-likeness (QED) is 0.0599. The summed E-state index contributed by atoms with van der Waals surface area (Å²) in [7, 11) is 0. The van der Waals surface area contributed by atoms with E-state index >= 15 is 0 Å². The molecule has 0 radical (unpaired) electrons. The summed E-state index contributed by atoms with van der Waals surface area (Å²) in [5.74, 6) is 0.0656. The Morgan fingerprint density at radius 3 is 2.29 bits per heavy atom. The molecule has 12 heteroatoms. The topological polar surface area (TPSA) is 171 Å². The van der Waals surface area contributed by atoms with Crippen LogP contribution in [0.15, 0.2) is 88.8 Å². The SMILES string of the molecule is CC(C)(C)c1cc2cn(-c3ccc(CNCCCN=C(N)N)cc3)c(=O)nc2[nH]1.Cc1cccc(NC(=O)c2cc(N3CCNCC3)cc(C(C)(C)C)c2)c1. The number of guanidine groups is 1. The van der Waals surface area contributed by atoms with Crippen molar-refractivity contribution in [2.45, 2.75) is 72.3 Å². The molecule has 292 valence electrons. The van der Waals surface area contributed by atoms with E-state index in [4.69, 9.17) is 11.5 Å².